The number of aromatic amines is 1. The number of amides is 1. The largest absolute Gasteiger partial charge is 0.416 e. The molecule has 0 radical (unpaired) electrons. The molecule has 0 aliphatic carbocycles. The van der Waals surface area contributed by atoms with Crippen molar-refractivity contribution < 1.29 is 26.4 Å². The lowest BCUT2D eigenvalue weighted by Crippen LogP contribution is -2.31. The van der Waals surface area contributed by atoms with Gasteiger partial charge in [0.2, 0.25) is 5.91 Å². The summed E-state index contributed by atoms with van der Waals surface area (Å²) in [5.74, 6) is -1.21. The van der Waals surface area contributed by atoms with E-state index in [0.717, 1.165) is 18.3 Å². The van der Waals surface area contributed by atoms with E-state index in [1.807, 2.05) is 4.72 Å². The van der Waals surface area contributed by atoms with Crippen LogP contribution >= 0.6 is 0 Å². The Morgan fingerprint density at radius 2 is 1.88 bits per heavy atom. The summed E-state index contributed by atoms with van der Waals surface area (Å²) in [6.45, 7) is 3.12. The predicted molar refractivity (Wildman–Crippen MR) is 83.1 cm³/mol. The highest BCUT2D eigenvalue weighted by Gasteiger charge is 2.30. The molecule has 25 heavy (non-hydrogen) atoms. The summed E-state index contributed by atoms with van der Waals surface area (Å²) in [6, 6.07) is 4.40. The molecule has 1 amide bonds. The summed E-state index contributed by atoms with van der Waals surface area (Å²) in [5, 5.41) is 6.04. The topological polar surface area (TPSA) is 91.9 Å². The van der Waals surface area contributed by atoms with Gasteiger partial charge in [-0.3, -0.25) is 9.89 Å². The van der Waals surface area contributed by atoms with Crippen LogP contribution in [0.4, 0.5) is 13.2 Å². The van der Waals surface area contributed by atoms with Gasteiger partial charge >= 0.3 is 6.18 Å². The predicted octanol–water partition coefficient (Wildman–Crippen LogP) is 2.74. The lowest BCUT2D eigenvalue weighted by atomic mass is 9.96. The number of carbonyl (C=O) groups excluding carboxylic acids is 1. The number of nitrogens with one attached hydrogen (secondary N) is 2. The first-order valence-corrected chi connectivity index (χ1v) is 8.72. The Bertz CT molecular complexity index is 858. The molecule has 1 heterocycles. The molecule has 1 atom stereocenters. The number of rotatable bonds is 5. The molecular weight excluding hydrogens is 359 g/mol. The van der Waals surface area contributed by atoms with Gasteiger partial charge in [0.05, 0.1) is 17.5 Å². The van der Waals surface area contributed by atoms with Gasteiger partial charge in [0.15, 0.2) is 0 Å². The fraction of sp³-hybridized carbons (Fsp3) is 0.333. The third-order valence-corrected chi connectivity index (χ3v) is 5.11. The molecule has 0 aliphatic heterocycles. The molecule has 0 aliphatic rings. The summed E-state index contributed by atoms with van der Waals surface area (Å²) in [6.07, 6.45) is -3.54. The first-order chi connectivity index (χ1) is 11.5. The average Bonchev–Trinajstić information content (AvgIpc) is 2.93. The molecule has 0 unspecified atom stereocenters. The highest BCUT2D eigenvalue weighted by atomic mass is 32.2. The molecule has 0 saturated heterocycles. The maximum absolute atomic E-state index is 12.5. The van der Waals surface area contributed by atoms with E-state index in [4.69, 9.17) is 0 Å². The highest BCUT2D eigenvalue weighted by molar-refractivity contribution is 7.90. The second-order valence-electron chi connectivity index (χ2n) is 5.61. The van der Waals surface area contributed by atoms with Crippen LogP contribution < -0.4 is 4.72 Å². The number of carbonyl (C=O) groups is 1. The Kier molecular flexibility index (Phi) is 5.21. The van der Waals surface area contributed by atoms with Crippen molar-refractivity contribution in [2.45, 2.75) is 37.3 Å². The van der Waals surface area contributed by atoms with Crippen LogP contribution in [0.3, 0.4) is 0 Å². The number of aryl methyl sites for hydroxylation is 1. The second kappa shape index (κ2) is 6.87. The zero-order valence-electron chi connectivity index (χ0n) is 13.4. The van der Waals surface area contributed by atoms with Crippen LogP contribution in [0.25, 0.3) is 0 Å². The number of alkyl halides is 3. The molecule has 2 N–H and O–H groups in total. The van der Waals surface area contributed by atoms with Crippen molar-refractivity contribution in [3.8, 4) is 0 Å². The molecule has 136 valence electrons. The van der Waals surface area contributed by atoms with Gasteiger partial charge in [0.1, 0.15) is 4.90 Å². The van der Waals surface area contributed by atoms with Gasteiger partial charge in [0.25, 0.3) is 10.0 Å². The van der Waals surface area contributed by atoms with Gasteiger partial charge in [-0.25, -0.2) is 13.1 Å². The molecule has 0 saturated carbocycles. The van der Waals surface area contributed by atoms with Crippen LogP contribution in [0.1, 0.15) is 36.1 Å². The van der Waals surface area contributed by atoms with Crippen molar-refractivity contribution in [3.05, 3.63) is 47.3 Å². The van der Waals surface area contributed by atoms with Crippen molar-refractivity contribution in [2.75, 3.05) is 0 Å². The third-order valence-electron chi connectivity index (χ3n) is 3.62. The maximum atomic E-state index is 12.5. The number of H-pyrrole nitrogens is 1. The van der Waals surface area contributed by atoms with E-state index in [1.165, 1.54) is 19.1 Å². The van der Waals surface area contributed by atoms with E-state index in [1.54, 1.807) is 6.92 Å². The first kappa shape index (κ1) is 19.0. The lowest BCUT2D eigenvalue weighted by molar-refractivity contribution is -0.137. The molecule has 0 spiro atoms. The third kappa shape index (κ3) is 4.59. The lowest BCUT2D eigenvalue weighted by Gasteiger charge is -2.13. The Morgan fingerprint density at radius 1 is 1.28 bits per heavy atom. The quantitative estimate of drug-likeness (QED) is 0.841. The summed E-state index contributed by atoms with van der Waals surface area (Å²) >= 11 is 0. The molecule has 6 nitrogen and oxygen atoms in total. The zero-order valence-corrected chi connectivity index (χ0v) is 14.2. The normalized spacial score (nSPS) is 13.5. The molecule has 2 rings (SSSR count). The molecule has 0 fully saturated rings. The van der Waals surface area contributed by atoms with Gasteiger partial charge in [-0.2, -0.15) is 18.3 Å². The van der Waals surface area contributed by atoms with E-state index in [0.29, 0.717) is 5.56 Å². The molecule has 1 aromatic heterocycles. The van der Waals surface area contributed by atoms with E-state index in [-0.39, 0.29) is 17.0 Å². The summed E-state index contributed by atoms with van der Waals surface area (Å²) in [4.78, 5) is 11.8. The van der Waals surface area contributed by atoms with E-state index >= 15 is 0 Å². The fourth-order valence-corrected chi connectivity index (χ4v) is 3.39. The number of benzene rings is 1. The number of sulfonamides is 1. The minimum Gasteiger partial charge on any atom is -0.281 e. The average molecular weight is 375 g/mol. The number of halogens is 3. The number of hydrogen-bond acceptors (Lipinski definition) is 4. The zero-order chi connectivity index (χ0) is 18.8. The number of nitrogens with zero attached hydrogens (tertiary/aromatic N) is 1. The van der Waals surface area contributed by atoms with Crippen LogP contribution in [0, 0.1) is 6.92 Å². The summed E-state index contributed by atoms with van der Waals surface area (Å²) in [5.41, 5.74) is 0.00189. The van der Waals surface area contributed by atoms with Gasteiger partial charge in [-0.05, 0) is 30.5 Å². The van der Waals surface area contributed by atoms with Gasteiger partial charge in [0, 0.05) is 6.42 Å². The van der Waals surface area contributed by atoms with Crippen molar-refractivity contribution >= 4 is 15.9 Å². The number of aromatic nitrogens is 2. The van der Waals surface area contributed by atoms with Gasteiger partial charge in [-0.1, -0.05) is 19.1 Å². The van der Waals surface area contributed by atoms with Crippen LogP contribution in [-0.2, 0) is 21.0 Å². The molecule has 0 bridgehead atoms. The van der Waals surface area contributed by atoms with Crippen molar-refractivity contribution in [3.63, 3.8) is 0 Å². The minimum absolute atomic E-state index is 0.136. The van der Waals surface area contributed by atoms with Crippen molar-refractivity contribution in [1.29, 1.82) is 0 Å². The monoisotopic (exact) mass is 375 g/mol. The van der Waals surface area contributed by atoms with E-state index < -0.39 is 33.6 Å². The van der Waals surface area contributed by atoms with Crippen LogP contribution in [0.5, 0.6) is 0 Å². The fourth-order valence-electron chi connectivity index (χ4n) is 2.25. The van der Waals surface area contributed by atoms with Crippen LogP contribution in [-0.4, -0.2) is 24.5 Å². The SMILES string of the molecule is Cc1[nH]ncc1S(=O)(=O)NC(=O)C[C@H](C)c1ccc(C(F)(F)F)cc1. The van der Waals surface area contributed by atoms with Crippen molar-refractivity contribution in [1.82, 2.24) is 14.9 Å². The standard InChI is InChI=1S/C15H16F3N3O3S/c1-9(11-3-5-12(6-4-11)15(16,17)18)7-14(22)21-25(23,24)13-8-19-20-10(13)2/h3-6,8-9H,7H2,1-2H3,(H,19,20)(H,21,22)/t9-/m0/s1. The Morgan fingerprint density at radius 3 is 2.36 bits per heavy atom. The van der Waals surface area contributed by atoms with Gasteiger partial charge in [-0.15, -0.1) is 0 Å². The highest BCUT2D eigenvalue weighted by Crippen LogP contribution is 2.30. The smallest absolute Gasteiger partial charge is 0.281 e. The van der Waals surface area contributed by atoms with Gasteiger partial charge < -0.3 is 0 Å². The van der Waals surface area contributed by atoms with Crippen LogP contribution in [0.2, 0.25) is 0 Å². The second-order valence-corrected chi connectivity index (χ2v) is 7.26. The first-order valence-electron chi connectivity index (χ1n) is 7.23. The van der Waals surface area contributed by atoms with Crippen LogP contribution in [0.15, 0.2) is 35.4 Å². The Hall–Kier alpha value is -2.36. The number of hydrogen-bond donors (Lipinski definition) is 2. The van der Waals surface area contributed by atoms with Crippen molar-refractivity contribution in [2.24, 2.45) is 0 Å². The molecular formula is C15H16F3N3O3S. The Labute approximate surface area is 142 Å². The maximum Gasteiger partial charge on any atom is 0.416 e. The van der Waals surface area contributed by atoms with E-state index in [2.05, 4.69) is 10.2 Å². The molecule has 2 aromatic rings. The Balaban J connectivity index is 2.04. The minimum atomic E-state index is -4.43. The molecule has 10 heteroatoms. The molecule has 1 aromatic carbocycles. The summed E-state index contributed by atoms with van der Waals surface area (Å²) in [7, 11) is -4.04. The van der Waals surface area contributed by atoms with E-state index in [9.17, 15) is 26.4 Å². The summed E-state index contributed by atoms with van der Waals surface area (Å²) < 4.78 is 63.7.